The lowest BCUT2D eigenvalue weighted by Crippen LogP contribution is -2.20. The smallest absolute Gasteiger partial charge is 0.257 e. The van der Waals surface area contributed by atoms with E-state index in [1.54, 1.807) is 6.92 Å². The van der Waals surface area contributed by atoms with Gasteiger partial charge in [0.15, 0.2) is 0 Å². The van der Waals surface area contributed by atoms with Crippen molar-refractivity contribution in [3.05, 3.63) is 52.8 Å². The molecule has 0 saturated heterocycles. The van der Waals surface area contributed by atoms with Crippen LogP contribution in [0.15, 0.2) is 36.4 Å². The third-order valence-electron chi connectivity index (χ3n) is 3.36. The molecule has 0 aromatic heterocycles. The number of hydrogen-bond acceptors (Lipinski definition) is 4. The van der Waals surface area contributed by atoms with Crippen LogP contribution in [-0.4, -0.2) is 26.7 Å². The number of anilines is 2. The Morgan fingerprint density at radius 1 is 1.15 bits per heavy atom. The van der Waals surface area contributed by atoms with Crippen LogP contribution >= 0.6 is 11.6 Å². The summed E-state index contributed by atoms with van der Waals surface area (Å²) in [5.41, 5.74) is 0.200. The maximum atomic E-state index is 13.5. The molecule has 0 aliphatic carbocycles. The van der Waals surface area contributed by atoms with Crippen LogP contribution in [0.2, 0.25) is 5.02 Å². The highest BCUT2D eigenvalue weighted by atomic mass is 35.5. The lowest BCUT2D eigenvalue weighted by atomic mass is 10.1. The van der Waals surface area contributed by atoms with Crippen LogP contribution < -0.4 is 14.8 Å². The van der Waals surface area contributed by atoms with E-state index in [1.165, 1.54) is 37.3 Å². The maximum absolute atomic E-state index is 13.5. The number of sulfonamides is 1. The molecule has 2 N–H and O–H groups in total. The standard InChI is InChI=1S/C17H18ClFN2O4S/c1-3-25-16-8-6-12(19)10-15(16)20-17(22)13-9-11(18)5-7-14(13)21-26(23,24)4-2/h5-10,21H,3-4H2,1-2H3,(H,20,22). The molecule has 9 heteroatoms. The van der Waals surface area contributed by atoms with Gasteiger partial charge in [-0.05, 0) is 44.2 Å². The Morgan fingerprint density at radius 3 is 2.54 bits per heavy atom. The summed E-state index contributed by atoms with van der Waals surface area (Å²) in [5, 5.41) is 2.78. The Hall–Kier alpha value is -2.32. The van der Waals surface area contributed by atoms with E-state index in [2.05, 4.69) is 10.0 Å². The Labute approximate surface area is 156 Å². The van der Waals surface area contributed by atoms with E-state index in [0.29, 0.717) is 12.4 Å². The second-order valence-electron chi connectivity index (χ2n) is 5.22. The van der Waals surface area contributed by atoms with Gasteiger partial charge in [-0.15, -0.1) is 0 Å². The first kappa shape index (κ1) is 20.0. The lowest BCUT2D eigenvalue weighted by Gasteiger charge is -2.14. The molecule has 0 atom stereocenters. The van der Waals surface area contributed by atoms with Crippen molar-refractivity contribution in [3.8, 4) is 5.75 Å². The van der Waals surface area contributed by atoms with Crippen molar-refractivity contribution in [2.24, 2.45) is 0 Å². The lowest BCUT2D eigenvalue weighted by molar-refractivity contribution is 0.102. The van der Waals surface area contributed by atoms with Gasteiger partial charge in [0.2, 0.25) is 10.0 Å². The molecule has 0 aliphatic heterocycles. The molecule has 0 saturated carbocycles. The normalized spacial score (nSPS) is 11.1. The third-order valence-corrected chi connectivity index (χ3v) is 4.89. The number of carbonyl (C=O) groups is 1. The fourth-order valence-corrected chi connectivity index (χ4v) is 2.93. The van der Waals surface area contributed by atoms with Crippen molar-refractivity contribution in [2.45, 2.75) is 13.8 Å². The highest BCUT2D eigenvalue weighted by molar-refractivity contribution is 7.92. The van der Waals surface area contributed by atoms with E-state index in [0.717, 1.165) is 6.07 Å². The summed E-state index contributed by atoms with van der Waals surface area (Å²) in [6.45, 7) is 3.55. The van der Waals surface area contributed by atoms with Crippen LogP contribution in [0.5, 0.6) is 5.75 Å². The molecular formula is C17H18ClFN2O4S. The Bertz CT molecular complexity index is 919. The van der Waals surface area contributed by atoms with Crippen LogP contribution in [0.1, 0.15) is 24.2 Å². The fraction of sp³-hybridized carbons (Fsp3) is 0.235. The second kappa shape index (κ2) is 8.37. The number of benzene rings is 2. The van der Waals surface area contributed by atoms with Crippen LogP contribution in [-0.2, 0) is 10.0 Å². The summed E-state index contributed by atoms with van der Waals surface area (Å²) >= 11 is 5.93. The van der Waals surface area contributed by atoms with E-state index in [1.807, 2.05) is 0 Å². The minimum atomic E-state index is -3.60. The predicted octanol–water partition coefficient (Wildman–Crippen LogP) is 3.89. The summed E-state index contributed by atoms with van der Waals surface area (Å²) in [4.78, 5) is 12.6. The minimum absolute atomic E-state index is 0.00114. The summed E-state index contributed by atoms with van der Waals surface area (Å²) in [5.74, 6) is -1.08. The Kier molecular flexibility index (Phi) is 6.44. The molecule has 0 unspecified atom stereocenters. The van der Waals surface area contributed by atoms with Gasteiger partial charge in [-0.1, -0.05) is 11.6 Å². The molecule has 0 radical (unpaired) electrons. The minimum Gasteiger partial charge on any atom is -0.492 e. The van der Waals surface area contributed by atoms with Gasteiger partial charge in [-0.3, -0.25) is 9.52 Å². The molecule has 2 aromatic carbocycles. The summed E-state index contributed by atoms with van der Waals surface area (Å²) < 4.78 is 44.9. The third kappa shape index (κ3) is 5.09. The van der Waals surface area contributed by atoms with Gasteiger partial charge in [-0.25, -0.2) is 12.8 Å². The van der Waals surface area contributed by atoms with E-state index in [9.17, 15) is 17.6 Å². The zero-order chi connectivity index (χ0) is 19.3. The van der Waals surface area contributed by atoms with E-state index >= 15 is 0 Å². The van der Waals surface area contributed by atoms with Gasteiger partial charge < -0.3 is 10.1 Å². The van der Waals surface area contributed by atoms with Crippen molar-refractivity contribution < 1.29 is 22.3 Å². The van der Waals surface area contributed by atoms with Crippen molar-refractivity contribution in [2.75, 3.05) is 22.4 Å². The molecule has 0 aliphatic rings. The van der Waals surface area contributed by atoms with Crippen molar-refractivity contribution in [1.82, 2.24) is 0 Å². The van der Waals surface area contributed by atoms with Crippen LogP contribution in [0.25, 0.3) is 0 Å². The first-order chi connectivity index (χ1) is 12.3. The molecule has 140 valence electrons. The zero-order valence-corrected chi connectivity index (χ0v) is 15.7. The monoisotopic (exact) mass is 400 g/mol. The fourth-order valence-electron chi connectivity index (χ4n) is 2.10. The van der Waals surface area contributed by atoms with E-state index < -0.39 is 21.7 Å². The summed E-state index contributed by atoms with van der Waals surface area (Å²) in [6, 6.07) is 7.89. The molecule has 26 heavy (non-hydrogen) atoms. The largest absolute Gasteiger partial charge is 0.492 e. The molecule has 0 bridgehead atoms. The van der Waals surface area contributed by atoms with E-state index in [4.69, 9.17) is 16.3 Å². The highest BCUT2D eigenvalue weighted by Crippen LogP contribution is 2.28. The molecule has 6 nitrogen and oxygen atoms in total. The van der Waals surface area contributed by atoms with Gasteiger partial charge >= 0.3 is 0 Å². The first-order valence-electron chi connectivity index (χ1n) is 7.79. The second-order valence-corrected chi connectivity index (χ2v) is 7.67. The molecular weight excluding hydrogens is 383 g/mol. The average molecular weight is 401 g/mol. The Balaban J connectivity index is 2.38. The van der Waals surface area contributed by atoms with Gasteiger partial charge in [-0.2, -0.15) is 0 Å². The quantitative estimate of drug-likeness (QED) is 0.738. The van der Waals surface area contributed by atoms with Gasteiger partial charge in [0.1, 0.15) is 11.6 Å². The van der Waals surface area contributed by atoms with Gasteiger partial charge in [0, 0.05) is 11.1 Å². The number of rotatable bonds is 7. The van der Waals surface area contributed by atoms with Crippen LogP contribution in [0.4, 0.5) is 15.8 Å². The first-order valence-corrected chi connectivity index (χ1v) is 9.82. The molecule has 0 fully saturated rings. The molecule has 0 heterocycles. The molecule has 2 aromatic rings. The van der Waals surface area contributed by atoms with Gasteiger partial charge in [0.25, 0.3) is 5.91 Å². The SMILES string of the molecule is CCOc1ccc(F)cc1NC(=O)c1cc(Cl)ccc1NS(=O)(=O)CC. The number of nitrogens with one attached hydrogen (secondary N) is 2. The number of ether oxygens (including phenoxy) is 1. The Morgan fingerprint density at radius 2 is 1.88 bits per heavy atom. The van der Waals surface area contributed by atoms with Gasteiger partial charge in [0.05, 0.1) is 29.3 Å². The van der Waals surface area contributed by atoms with Crippen LogP contribution in [0.3, 0.4) is 0 Å². The van der Waals surface area contributed by atoms with Crippen LogP contribution in [0, 0.1) is 5.82 Å². The van der Waals surface area contributed by atoms with Crippen molar-refractivity contribution >= 4 is 38.9 Å². The number of amides is 1. The number of carbonyl (C=O) groups excluding carboxylic acids is 1. The topological polar surface area (TPSA) is 84.5 Å². The average Bonchev–Trinajstić information content (AvgIpc) is 2.59. The highest BCUT2D eigenvalue weighted by Gasteiger charge is 2.18. The van der Waals surface area contributed by atoms with Crippen molar-refractivity contribution in [1.29, 1.82) is 0 Å². The predicted molar refractivity (Wildman–Crippen MR) is 100 cm³/mol. The number of halogens is 2. The molecule has 2 rings (SSSR count). The molecule has 0 spiro atoms. The molecule has 1 amide bonds. The maximum Gasteiger partial charge on any atom is 0.257 e. The zero-order valence-electron chi connectivity index (χ0n) is 14.2. The summed E-state index contributed by atoms with van der Waals surface area (Å²) in [7, 11) is -3.60. The van der Waals surface area contributed by atoms with E-state index in [-0.39, 0.29) is 27.7 Å². The van der Waals surface area contributed by atoms with Crippen molar-refractivity contribution in [3.63, 3.8) is 0 Å². The summed E-state index contributed by atoms with van der Waals surface area (Å²) in [6.07, 6.45) is 0. The number of hydrogen-bond donors (Lipinski definition) is 2.